The van der Waals surface area contributed by atoms with Crippen LogP contribution in [0.4, 0.5) is 0 Å². The van der Waals surface area contributed by atoms with E-state index in [1.807, 2.05) is 54.6 Å². The Labute approximate surface area is 126 Å². The zero-order valence-corrected chi connectivity index (χ0v) is 12.4. The van der Waals surface area contributed by atoms with Gasteiger partial charge in [-0.25, -0.2) is 0 Å². The largest absolute Gasteiger partial charge is 0.488 e. The van der Waals surface area contributed by atoms with Gasteiger partial charge in [-0.3, -0.25) is 0 Å². The molecular formula is C16H13IO2. The molecule has 19 heavy (non-hydrogen) atoms. The highest BCUT2D eigenvalue weighted by atomic mass is 127. The lowest BCUT2D eigenvalue weighted by molar-refractivity contribution is 0.161. The third-order valence-corrected chi connectivity index (χ3v) is 3.82. The molecule has 0 N–H and O–H groups in total. The van der Waals surface area contributed by atoms with Gasteiger partial charge >= 0.3 is 0 Å². The zero-order valence-electron chi connectivity index (χ0n) is 10.3. The average molecular weight is 364 g/mol. The molecule has 0 radical (unpaired) electrons. The molecular weight excluding hydrogens is 351 g/mol. The van der Waals surface area contributed by atoms with Gasteiger partial charge in [0.2, 0.25) is 0 Å². The number of ether oxygens (including phenoxy) is 2. The molecule has 0 amide bonds. The first-order chi connectivity index (χ1) is 9.33. The first-order valence-electron chi connectivity index (χ1n) is 6.14. The summed E-state index contributed by atoms with van der Waals surface area (Å²) in [4.78, 5) is 0. The first kappa shape index (κ1) is 12.5. The Bertz CT molecular complexity index is 607. The summed E-state index contributed by atoms with van der Waals surface area (Å²) in [5.41, 5.74) is 1.12. The number of hydrogen-bond donors (Lipinski definition) is 0. The van der Waals surface area contributed by atoms with Crippen molar-refractivity contribution in [3.8, 4) is 11.5 Å². The Balaban J connectivity index is 1.66. The molecule has 3 heteroatoms. The van der Waals surface area contributed by atoms with E-state index in [0.29, 0.717) is 6.61 Å². The second kappa shape index (κ2) is 5.65. The van der Waals surface area contributed by atoms with Gasteiger partial charge in [0, 0.05) is 5.56 Å². The van der Waals surface area contributed by atoms with Gasteiger partial charge in [0.15, 0.2) is 6.10 Å². The molecule has 1 aliphatic rings. The van der Waals surface area contributed by atoms with E-state index in [2.05, 4.69) is 28.7 Å². The number of fused-ring (bicyclic) bond motifs is 1. The fraction of sp³-hybridized carbons (Fsp3) is 0.125. The molecule has 2 aromatic carbocycles. The van der Waals surface area contributed by atoms with Crippen molar-refractivity contribution in [2.75, 3.05) is 6.61 Å². The Kier molecular flexibility index (Phi) is 3.73. The molecule has 2 aromatic rings. The highest BCUT2D eigenvalue weighted by Gasteiger charge is 2.15. The van der Waals surface area contributed by atoms with E-state index in [9.17, 15) is 0 Å². The van der Waals surface area contributed by atoms with Crippen LogP contribution in [0.3, 0.4) is 0 Å². The molecule has 2 nitrogen and oxygen atoms in total. The summed E-state index contributed by atoms with van der Waals surface area (Å²) in [5.74, 6) is 1.82. The normalized spacial score (nSPS) is 16.6. The second-order valence-electron chi connectivity index (χ2n) is 4.29. The van der Waals surface area contributed by atoms with Crippen LogP contribution in [0.15, 0.2) is 54.6 Å². The van der Waals surface area contributed by atoms with Crippen LogP contribution in [0.5, 0.6) is 11.5 Å². The molecule has 1 aliphatic heterocycles. The van der Waals surface area contributed by atoms with E-state index in [4.69, 9.17) is 9.47 Å². The van der Waals surface area contributed by atoms with E-state index in [1.165, 1.54) is 0 Å². The summed E-state index contributed by atoms with van der Waals surface area (Å²) in [7, 11) is 0. The van der Waals surface area contributed by atoms with Crippen molar-refractivity contribution in [2.24, 2.45) is 0 Å². The maximum Gasteiger partial charge on any atom is 0.151 e. The zero-order chi connectivity index (χ0) is 13.1. The van der Waals surface area contributed by atoms with E-state index in [0.717, 1.165) is 20.6 Å². The molecule has 0 saturated carbocycles. The second-order valence-corrected chi connectivity index (χ2v) is 5.46. The lowest BCUT2D eigenvalue weighted by Crippen LogP contribution is -2.24. The lowest BCUT2D eigenvalue weighted by Gasteiger charge is -2.21. The Morgan fingerprint density at radius 3 is 2.74 bits per heavy atom. The number of halogens is 1. The third kappa shape index (κ3) is 2.92. The fourth-order valence-corrected chi connectivity index (χ4v) is 2.51. The molecule has 96 valence electrons. The number of hydrogen-bond acceptors (Lipinski definition) is 2. The topological polar surface area (TPSA) is 18.5 Å². The van der Waals surface area contributed by atoms with E-state index in [-0.39, 0.29) is 6.10 Å². The van der Waals surface area contributed by atoms with E-state index >= 15 is 0 Å². The van der Waals surface area contributed by atoms with Crippen molar-refractivity contribution in [3.63, 3.8) is 0 Å². The predicted molar refractivity (Wildman–Crippen MR) is 84.5 cm³/mol. The third-order valence-electron chi connectivity index (χ3n) is 2.93. The van der Waals surface area contributed by atoms with Crippen molar-refractivity contribution in [1.82, 2.24) is 0 Å². The molecule has 0 spiro atoms. The smallest absolute Gasteiger partial charge is 0.151 e. The molecule has 1 heterocycles. The highest BCUT2D eigenvalue weighted by Crippen LogP contribution is 2.26. The van der Waals surface area contributed by atoms with Gasteiger partial charge in [-0.05, 0) is 46.9 Å². The van der Waals surface area contributed by atoms with Crippen molar-refractivity contribution in [1.29, 1.82) is 0 Å². The Morgan fingerprint density at radius 2 is 1.84 bits per heavy atom. The van der Waals surface area contributed by atoms with Crippen LogP contribution in [0.2, 0.25) is 0 Å². The van der Waals surface area contributed by atoms with E-state index < -0.39 is 0 Å². The minimum absolute atomic E-state index is 0.0362. The fourth-order valence-electron chi connectivity index (χ4n) is 1.96. The first-order valence-corrected chi connectivity index (χ1v) is 7.22. The number of para-hydroxylation sites is 2. The van der Waals surface area contributed by atoms with E-state index in [1.54, 1.807) is 0 Å². The van der Waals surface area contributed by atoms with Crippen molar-refractivity contribution >= 4 is 28.7 Å². The van der Waals surface area contributed by atoms with Crippen LogP contribution in [0.1, 0.15) is 5.56 Å². The van der Waals surface area contributed by atoms with Crippen LogP contribution in [0, 0.1) is 3.57 Å². The SMILES string of the molecule is Ic1ccccc1OC[C@@H]1C=Cc2ccccc2O1. The highest BCUT2D eigenvalue weighted by molar-refractivity contribution is 14.1. The van der Waals surface area contributed by atoms with Gasteiger partial charge in [0.25, 0.3) is 0 Å². The lowest BCUT2D eigenvalue weighted by atomic mass is 10.1. The predicted octanol–water partition coefficient (Wildman–Crippen LogP) is 4.14. The van der Waals surface area contributed by atoms with Crippen molar-refractivity contribution in [2.45, 2.75) is 6.10 Å². The van der Waals surface area contributed by atoms with Gasteiger partial charge < -0.3 is 9.47 Å². The van der Waals surface area contributed by atoms with Gasteiger partial charge in [-0.15, -0.1) is 0 Å². The summed E-state index contributed by atoms with van der Waals surface area (Å²) in [6.07, 6.45) is 4.09. The molecule has 0 aliphatic carbocycles. The monoisotopic (exact) mass is 364 g/mol. The maximum atomic E-state index is 5.88. The summed E-state index contributed by atoms with van der Waals surface area (Å²) in [5, 5.41) is 0. The van der Waals surface area contributed by atoms with Gasteiger partial charge in [-0.1, -0.05) is 36.4 Å². The van der Waals surface area contributed by atoms with Gasteiger partial charge in [-0.2, -0.15) is 0 Å². The molecule has 0 unspecified atom stereocenters. The average Bonchev–Trinajstić information content (AvgIpc) is 2.46. The quantitative estimate of drug-likeness (QED) is 0.762. The minimum Gasteiger partial charge on any atom is -0.488 e. The molecule has 0 bridgehead atoms. The van der Waals surface area contributed by atoms with Crippen LogP contribution in [-0.4, -0.2) is 12.7 Å². The molecule has 3 rings (SSSR count). The van der Waals surface area contributed by atoms with Crippen LogP contribution < -0.4 is 9.47 Å². The van der Waals surface area contributed by atoms with Crippen molar-refractivity contribution in [3.05, 3.63) is 63.7 Å². The Morgan fingerprint density at radius 1 is 1.05 bits per heavy atom. The summed E-state index contributed by atoms with van der Waals surface area (Å²) in [6, 6.07) is 16.0. The molecule has 0 fully saturated rings. The number of benzene rings is 2. The standard InChI is InChI=1S/C16H13IO2/c17-14-6-2-4-8-16(14)18-11-13-10-9-12-5-1-3-7-15(12)19-13/h1-10,13H,11H2/t13-/m0/s1. The van der Waals surface area contributed by atoms with Crippen molar-refractivity contribution < 1.29 is 9.47 Å². The number of rotatable bonds is 3. The summed E-state index contributed by atoms with van der Waals surface area (Å²) < 4.78 is 12.8. The van der Waals surface area contributed by atoms with Crippen LogP contribution >= 0.6 is 22.6 Å². The maximum absolute atomic E-state index is 5.88. The molecule has 0 saturated heterocycles. The van der Waals surface area contributed by atoms with Gasteiger partial charge in [0.1, 0.15) is 18.1 Å². The summed E-state index contributed by atoms with van der Waals surface area (Å²) >= 11 is 2.27. The van der Waals surface area contributed by atoms with Crippen LogP contribution in [-0.2, 0) is 0 Å². The van der Waals surface area contributed by atoms with Gasteiger partial charge in [0.05, 0.1) is 3.57 Å². The molecule has 0 aromatic heterocycles. The molecule has 1 atom stereocenters. The Hall–Kier alpha value is -1.49. The summed E-state index contributed by atoms with van der Waals surface area (Å²) in [6.45, 7) is 0.519. The van der Waals surface area contributed by atoms with Crippen LogP contribution in [0.25, 0.3) is 6.08 Å². The minimum atomic E-state index is -0.0362.